The maximum absolute atomic E-state index is 13.1. The number of amides is 1. The molecule has 33 heavy (non-hydrogen) atoms. The van der Waals surface area contributed by atoms with Gasteiger partial charge in [0.2, 0.25) is 0 Å². The topological polar surface area (TPSA) is 69.6 Å². The second-order valence-electron chi connectivity index (χ2n) is 7.26. The third kappa shape index (κ3) is 4.99. The number of aromatic nitrogens is 1. The molecule has 4 rings (SSSR count). The lowest BCUT2D eigenvalue weighted by Crippen LogP contribution is -2.18. The lowest BCUT2D eigenvalue weighted by molar-refractivity contribution is 0.0515. The van der Waals surface area contributed by atoms with Crippen molar-refractivity contribution in [2.45, 2.75) is 13.5 Å². The number of benzene rings is 2. The van der Waals surface area contributed by atoms with E-state index in [0.717, 1.165) is 22.4 Å². The van der Waals surface area contributed by atoms with Crippen LogP contribution in [0.3, 0.4) is 0 Å². The Kier molecular flexibility index (Phi) is 6.90. The van der Waals surface area contributed by atoms with E-state index < -0.39 is 5.97 Å². The lowest BCUT2D eigenvalue weighted by atomic mass is 10.1. The van der Waals surface area contributed by atoms with Crippen molar-refractivity contribution in [3.05, 3.63) is 94.4 Å². The van der Waals surface area contributed by atoms with Crippen LogP contribution in [0.2, 0.25) is 0 Å². The van der Waals surface area contributed by atoms with Crippen molar-refractivity contribution in [3.8, 4) is 16.9 Å². The zero-order valence-corrected chi connectivity index (χ0v) is 19.2. The second-order valence-corrected chi connectivity index (χ2v) is 8.21. The van der Waals surface area contributed by atoms with Gasteiger partial charge < -0.3 is 19.4 Å². The Morgan fingerprint density at radius 3 is 2.39 bits per heavy atom. The maximum Gasteiger partial charge on any atom is 0.357 e. The first-order valence-corrected chi connectivity index (χ1v) is 11.4. The van der Waals surface area contributed by atoms with Crippen molar-refractivity contribution in [3.63, 3.8) is 0 Å². The van der Waals surface area contributed by atoms with E-state index in [1.54, 1.807) is 20.1 Å². The number of ether oxygens (including phenoxy) is 2. The normalized spacial score (nSPS) is 10.6. The average Bonchev–Trinajstić information content (AvgIpc) is 3.49. The van der Waals surface area contributed by atoms with Crippen LogP contribution in [0.5, 0.6) is 5.75 Å². The standard InChI is InChI=1S/C26H24N2O4S/c1-3-32-26(30)24-23(27-25(29)22-10-7-15-33-22)21(19-11-13-20(31-2)14-12-19)17-28(24)16-18-8-5-4-6-9-18/h4-15,17H,3,16H2,1-2H3,(H,27,29). The number of carbonyl (C=O) groups excluding carboxylic acids is 2. The van der Waals surface area contributed by atoms with Gasteiger partial charge in [0, 0.05) is 18.3 Å². The molecular weight excluding hydrogens is 436 g/mol. The van der Waals surface area contributed by atoms with E-state index in [0.29, 0.717) is 22.8 Å². The van der Waals surface area contributed by atoms with Gasteiger partial charge >= 0.3 is 5.97 Å². The van der Waals surface area contributed by atoms with Gasteiger partial charge in [-0.05, 0) is 41.6 Å². The number of nitrogens with one attached hydrogen (secondary N) is 1. The number of thiophene rings is 1. The number of carbonyl (C=O) groups is 2. The fourth-order valence-electron chi connectivity index (χ4n) is 3.58. The first-order valence-electron chi connectivity index (χ1n) is 10.5. The van der Waals surface area contributed by atoms with Crippen molar-refractivity contribution in [2.24, 2.45) is 0 Å². The Morgan fingerprint density at radius 1 is 1.00 bits per heavy atom. The summed E-state index contributed by atoms with van der Waals surface area (Å²) in [6.07, 6.45) is 1.88. The first-order chi connectivity index (χ1) is 16.1. The second kappa shape index (κ2) is 10.2. The number of nitrogens with zero attached hydrogens (tertiary/aromatic N) is 1. The van der Waals surface area contributed by atoms with Gasteiger partial charge in [0.05, 0.1) is 24.3 Å². The Balaban J connectivity index is 1.85. The molecule has 0 atom stereocenters. The predicted molar refractivity (Wildman–Crippen MR) is 130 cm³/mol. The van der Waals surface area contributed by atoms with E-state index in [1.165, 1.54) is 11.3 Å². The number of methoxy groups -OCH3 is 1. The highest BCUT2D eigenvalue weighted by Gasteiger charge is 2.26. The van der Waals surface area contributed by atoms with Gasteiger partial charge in [-0.1, -0.05) is 48.5 Å². The van der Waals surface area contributed by atoms with Crippen LogP contribution in [-0.4, -0.2) is 30.2 Å². The van der Waals surface area contributed by atoms with Crippen molar-refractivity contribution in [2.75, 3.05) is 19.0 Å². The highest BCUT2D eigenvalue weighted by molar-refractivity contribution is 7.12. The molecule has 1 amide bonds. The highest BCUT2D eigenvalue weighted by atomic mass is 32.1. The summed E-state index contributed by atoms with van der Waals surface area (Å²) < 4.78 is 12.5. The molecule has 0 aliphatic carbocycles. The number of anilines is 1. The van der Waals surface area contributed by atoms with Crippen molar-refractivity contribution < 1.29 is 19.1 Å². The number of rotatable bonds is 8. The van der Waals surface area contributed by atoms with Gasteiger partial charge in [0.15, 0.2) is 5.69 Å². The smallest absolute Gasteiger partial charge is 0.357 e. The Hall–Kier alpha value is -3.84. The van der Waals surface area contributed by atoms with E-state index in [1.807, 2.05) is 76.8 Å². The monoisotopic (exact) mass is 460 g/mol. The fourth-order valence-corrected chi connectivity index (χ4v) is 4.20. The molecule has 0 radical (unpaired) electrons. The van der Waals surface area contributed by atoms with Crippen molar-refractivity contribution in [1.29, 1.82) is 0 Å². The van der Waals surface area contributed by atoms with E-state index in [9.17, 15) is 9.59 Å². The summed E-state index contributed by atoms with van der Waals surface area (Å²) in [5.41, 5.74) is 3.32. The molecule has 0 aliphatic heterocycles. The van der Waals surface area contributed by atoms with E-state index in [2.05, 4.69) is 5.32 Å². The van der Waals surface area contributed by atoms with Gasteiger partial charge in [0.1, 0.15) is 5.75 Å². The van der Waals surface area contributed by atoms with E-state index in [4.69, 9.17) is 9.47 Å². The molecular formula is C26H24N2O4S. The summed E-state index contributed by atoms with van der Waals surface area (Å²) in [7, 11) is 1.61. The maximum atomic E-state index is 13.1. The largest absolute Gasteiger partial charge is 0.497 e. The lowest BCUT2D eigenvalue weighted by Gasteiger charge is -2.12. The number of hydrogen-bond donors (Lipinski definition) is 1. The minimum atomic E-state index is -0.491. The van der Waals surface area contributed by atoms with E-state index >= 15 is 0 Å². The van der Waals surface area contributed by atoms with Crippen LogP contribution in [-0.2, 0) is 11.3 Å². The van der Waals surface area contributed by atoms with Crippen LogP contribution in [0.15, 0.2) is 78.3 Å². The van der Waals surface area contributed by atoms with Gasteiger partial charge in [-0.15, -0.1) is 11.3 Å². The molecule has 4 aromatic rings. The summed E-state index contributed by atoms with van der Waals surface area (Å²) in [5, 5.41) is 4.81. The minimum absolute atomic E-state index is 0.228. The summed E-state index contributed by atoms with van der Waals surface area (Å²) >= 11 is 1.34. The van der Waals surface area contributed by atoms with Crippen molar-refractivity contribution in [1.82, 2.24) is 4.57 Å². The molecule has 0 saturated carbocycles. The van der Waals surface area contributed by atoms with Crippen LogP contribution in [0, 0.1) is 0 Å². The zero-order valence-electron chi connectivity index (χ0n) is 18.4. The van der Waals surface area contributed by atoms with E-state index in [-0.39, 0.29) is 12.5 Å². The Morgan fingerprint density at radius 2 is 1.76 bits per heavy atom. The molecule has 6 nitrogen and oxygen atoms in total. The molecule has 2 heterocycles. The predicted octanol–water partition coefficient (Wildman–Crippen LogP) is 5.70. The van der Waals surface area contributed by atoms with Crippen LogP contribution < -0.4 is 10.1 Å². The summed E-state index contributed by atoms with van der Waals surface area (Å²) in [6, 6.07) is 20.9. The molecule has 0 bridgehead atoms. The summed E-state index contributed by atoms with van der Waals surface area (Å²) in [4.78, 5) is 26.6. The van der Waals surface area contributed by atoms with Crippen LogP contribution in [0.1, 0.15) is 32.6 Å². The summed E-state index contributed by atoms with van der Waals surface area (Å²) in [6.45, 7) is 2.44. The van der Waals surface area contributed by atoms with Crippen molar-refractivity contribution >= 4 is 28.9 Å². The van der Waals surface area contributed by atoms with Crippen LogP contribution in [0.25, 0.3) is 11.1 Å². The molecule has 2 aromatic heterocycles. The third-order valence-electron chi connectivity index (χ3n) is 5.13. The molecule has 2 aromatic carbocycles. The quantitative estimate of drug-likeness (QED) is 0.342. The molecule has 0 aliphatic rings. The van der Waals surface area contributed by atoms with Crippen LogP contribution in [0.4, 0.5) is 5.69 Å². The first kappa shape index (κ1) is 22.4. The molecule has 0 spiro atoms. The van der Waals surface area contributed by atoms with Gasteiger partial charge in [-0.3, -0.25) is 4.79 Å². The number of hydrogen-bond acceptors (Lipinski definition) is 5. The molecule has 0 fully saturated rings. The fraction of sp³-hybridized carbons (Fsp3) is 0.154. The minimum Gasteiger partial charge on any atom is -0.497 e. The molecule has 0 unspecified atom stereocenters. The molecule has 7 heteroatoms. The SMILES string of the molecule is CCOC(=O)c1c(NC(=O)c2cccs2)c(-c2ccc(OC)cc2)cn1Cc1ccccc1. The molecule has 0 saturated heterocycles. The Bertz CT molecular complexity index is 1230. The summed E-state index contributed by atoms with van der Waals surface area (Å²) in [5.74, 6) is -0.0466. The van der Waals surface area contributed by atoms with Gasteiger partial charge in [-0.2, -0.15) is 0 Å². The molecule has 1 N–H and O–H groups in total. The average molecular weight is 461 g/mol. The Labute approximate surface area is 196 Å². The number of esters is 1. The molecule has 168 valence electrons. The van der Waals surface area contributed by atoms with Gasteiger partial charge in [-0.25, -0.2) is 4.79 Å². The van der Waals surface area contributed by atoms with Crippen LogP contribution >= 0.6 is 11.3 Å². The zero-order chi connectivity index (χ0) is 23.2. The van der Waals surface area contributed by atoms with Gasteiger partial charge in [0.25, 0.3) is 5.91 Å². The highest BCUT2D eigenvalue weighted by Crippen LogP contribution is 2.35. The third-order valence-corrected chi connectivity index (χ3v) is 6.00.